The van der Waals surface area contributed by atoms with Crippen LogP contribution in [0.1, 0.15) is 35.7 Å². The van der Waals surface area contributed by atoms with Crippen LogP contribution in [-0.2, 0) is 4.79 Å². The van der Waals surface area contributed by atoms with Crippen LogP contribution in [-0.4, -0.2) is 11.6 Å². The molecule has 0 aromatic heterocycles. The van der Waals surface area contributed by atoms with Crippen molar-refractivity contribution >= 4 is 11.6 Å². The van der Waals surface area contributed by atoms with Gasteiger partial charge in [-0.05, 0) is 37.6 Å². The summed E-state index contributed by atoms with van der Waals surface area (Å²) in [7, 11) is 0. The molecule has 3 heteroatoms. The van der Waals surface area contributed by atoms with E-state index >= 15 is 0 Å². The number of hydrogen-bond donors (Lipinski definition) is 0. The van der Waals surface area contributed by atoms with Gasteiger partial charge in [-0.1, -0.05) is 0 Å². The summed E-state index contributed by atoms with van der Waals surface area (Å²) in [5.74, 6) is -0.450. The van der Waals surface area contributed by atoms with E-state index in [4.69, 9.17) is 0 Å². The largest absolute Gasteiger partial charge is 0.300 e. The van der Waals surface area contributed by atoms with Gasteiger partial charge < -0.3 is 4.79 Å². The van der Waals surface area contributed by atoms with E-state index in [1.807, 2.05) is 0 Å². The molecule has 0 aliphatic carbocycles. The van der Waals surface area contributed by atoms with Crippen molar-refractivity contribution in [2.75, 3.05) is 0 Å². The third-order valence-corrected chi connectivity index (χ3v) is 2.18. The summed E-state index contributed by atoms with van der Waals surface area (Å²) >= 11 is 0. The van der Waals surface area contributed by atoms with Crippen molar-refractivity contribution in [3.63, 3.8) is 0 Å². The zero-order valence-corrected chi connectivity index (χ0v) is 8.84. The Hall–Kier alpha value is -1.51. The fraction of sp³-hybridized carbons (Fsp3) is 0.333. The Morgan fingerprint density at radius 1 is 1.27 bits per heavy atom. The first-order valence-electron chi connectivity index (χ1n) is 4.79. The molecule has 0 amide bonds. The molecule has 0 aliphatic rings. The van der Waals surface area contributed by atoms with E-state index in [2.05, 4.69) is 0 Å². The first kappa shape index (κ1) is 11.6. The Balaban J connectivity index is 2.74. The molecule has 0 radical (unpaired) electrons. The van der Waals surface area contributed by atoms with Crippen molar-refractivity contribution in [2.24, 2.45) is 0 Å². The van der Waals surface area contributed by atoms with Gasteiger partial charge in [-0.2, -0.15) is 0 Å². The second kappa shape index (κ2) is 4.82. The van der Waals surface area contributed by atoms with Gasteiger partial charge in [0.2, 0.25) is 0 Å². The number of carbonyl (C=O) groups excluding carboxylic acids is 2. The van der Waals surface area contributed by atoms with Crippen molar-refractivity contribution < 1.29 is 14.0 Å². The first-order valence-corrected chi connectivity index (χ1v) is 4.79. The predicted molar refractivity (Wildman–Crippen MR) is 55.4 cm³/mol. The van der Waals surface area contributed by atoms with Crippen molar-refractivity contribution in [3.05, 3.63) is 35.1 Å². The van der Waals surface area contributed by atoms with E-state index in [0.717, 1.165) is 0 Å². The fourth-order valence-corrected chi connectivity index (χ4v) is 1.25. The molecular formula is C12H13FO2. The van der Waals surface area contributed by atoms with Crippen LogP contribution in [0.5, 0.6) is 0 Å². The summed E-state index contributed by atoms with van der Waals surface area (Å²) < 4.78 is 12.9. The number of Topliss-reactive ketones (excluding diaryl/α,β-unsaturated/α-hetero) is 2. The van der Waals surface area contributed by atoms with Gasteiger partial charge in [0.15, 0.2) is 5.78 Å². The maximum Gasteiger partial charge on any atom is 0.163 e. The Bertz CT molecular complexity index is 397. The molecule has 80 valence electrons. The van der Waals surface area contributed by atoms with Crippen molar-refractivity contribution in [1.29, 1.82) is 0 Å². The zero-order valence-electron chi connectivity index (χ0n) is 8.84. The molecule has 1 aromatic rings. The maximum absolute atomic E-state index is 12.9. The Kier molecular flexibility index (Phi) is 3.72. The van der Waals surface area contributed by atoms with Crippen molar-refractivity contribution in [1.82, 2.24) is 0 Å². The Morgan fingerprint density at radius 3 is 2.47 bits per heavy atom. The lowest BCUT2D eigenvalue weighted by Crippen LogP contribution is -2.03. The highest BCUT2D eigenvalue weighted by Gasteiger charge is 2.08. The lowest BCUT2D eigenvalue weighted by Gasteiger charge is -2.01. The first-order chi connectivity index (χ1) is 7.00. The molecule has 15 heavy (non-hydrogen) atoms. The molecule has 0 unspecified atom stereocenters. The number of aryl methyl sites for hydroxylation is 1. The molecule has 0 spiro atoms. The van der Waals surface area contributed by atoms with E-state index < -0.39 is 0 Å². The number of rotatable bonds is 4. The minimum atomic E-state index is -0.321. The number of carbonyl (C=O) groups is 2. The van der Waals surface area contributed by atoms with E-state index in [1.165, 1.54) is 25.1 Å². The quantitative estimate of drug-likeness (QED) is 0.713. The summed E-state index contributed by atoms with van der Waals surface area (Å²) in [4.78, 5) is 22.2. The van der Waals surface area contributed by atoms with Gasteiger partial charge in [0, 0.05) is 18.4 Å². The summed E-state index contributed by atoms with van der Waals surface area (Å²) in [6, 6.07) is 4.24. The maximum atomic E-state index is 12.9. The van der Waals surface area contributed by atoms with Crippen LogP contribution in [0.3, 0.4) is 0 Å². The predicted octanol–water partition coefficient (Wildman–Crippen LogP) is 2.69. The molecule has 0 saturated carbocycles. The third kappa shape index (κ3) is 3.27. The molecular weight excluding hydrogens is 195 g/mol. The summed E-state index contributed by atoms with van der Waals surface area (Å²) in [6.45, 7) is 3.06. The summed E-state index contributed by atoms with van der Waals surface area (Å²) in [5, 5.41) is 0. The lowest BCUT2D eigenvalue weighted by molar-refractivity contribution is -0.116. The monoisotopic (exact) mass is 208 g/mol. The molecule has 0 atom stereocenters. The molecule has 1 rings (SSSR count). The molecule has 0 aliphatic heterocycles. The summed E-state index contributed by atoms with van der Waals surface area (Å²) in [5.41, 5.74) is 0.916. The minimum absolute atomic E-state index is 0.0119. The molecule has 0 N–H and O–H groups in total. The van der Waals surface area contributed by atoms with E-state index in [-0.39, 0.29) is 30.2 Å². The highest BCUT2D eigenvalue weighted by atomic mass is 19.1. The van der Waals surface area contributed by atoms with Gasteiger partial charge in [-0.25, -0.2) is 4.39 Å². The van der Waals surface area contributed by atoms with Gasteiger partial charge in [-0.15, -0.1) is 0 Å². The fourth-order valence-electron chi connectivity index (χ4n) is 1.25. The van der Waals surface area contributed by atoms with Gasteiger partial charge in [0.05, 0.1) is 0 Å². The van der Waals surface area contributed by atoms with Gasteiger partial charge in [-0.3, -0.25) is 4.79 Å². The van der Waals surface area contributed by atoms with Crippen LogP contribution >= 0.6 is 0 Å². The van der Waals surface area contributed by atoms with Crippen molar-refractivity contribution in [2.45, 2.75) is 26.7 Å². The third-order valence-electron chi connectivity index (χ3n) is 2.18. The summed E-state index contributed by atoms with van der Waals surface area (Å²) in [6.07, 6.45) is 0.440. The zero-order chi connectivity index (χ0) is 11.4. The smallest absolute Gasteiger partial charge is 0.163 e. The van der Waals surface area contributed by atoms with Crippen LogP contribution in [0.2, 0.25) is 0 Å². The average Bonchev–Trinajstić information content (AvgIpc) is 2.18. The van der Waals surface area contributed by atoms with E-state index in [1.54, 1.807) is 6.92 Å². The Morgan fingerprint density at radius 2 is 1.93 bits per heavy atom. The molecule has 0 heterocycles. The molecule has 0 fully saturated rings. The van der Waals surface area contributed by atoms with Crippen LogP contribution in [0.15, 0.2) is 18.2 Å². The molecule has 2 nitrogen and oxygen atoms in total. The number of hydrogen-bond acceptors (Lipinski definition) is 2. The Labute approximate surface area is 88.1 Å². The topological polar surface area (TPSA) is 34.1 Å². The van der Waals surface area contributed by atoms with Gasteiger partial charge in [0.1, 0.15) is 11.6 Å². The van der Waals surface area contributed by atoms with Crippen LogP contribution < -0.4 is 0 Å². The molecule has 1 aromatic carbocycles. The normalized spacial score (nSPS) is 10.1. The SMILES string of the molecule is CC(=O)CCC(=O)c1ccc(F)c(C)c1. The minimum Gasteiger partial charge on any atom is -0.300 e. The van der Waals surface area contributed by atoms with Gasteiger partial charge in [0.25, 0.3) is 0 Å². The molecule has 0 saturated heterocycles. The van der Waals surface area contributed by atoms with Crippen LogP contribution in [0.25, 0.3) is 0 Å². The van der Waals surface area contributed by atoms with Gasteiger partial charge >= 0.3 is 0 Å². The number of ketones is 2. The van der Waals surface area contributed by atoms with Crippen LogP contribution in [0.4, 0.5) is 4.39 Å². The second-order valence-corrected chi connectivity index (χ2v) is 3.59. The standard InChI is InChI=1S/C12H13FO2/c1-8-7-10(4-5-11(8)13)12(15)6-3-9(2)14/h4-5,7H,3,6H2,1-2H3. The van der Waals surface area contributed by atoms with Crippen molar-refractivity contribution in [3.8, 4) is 0 Å². The second-order valence-electron chi connectivity index (χ2n) is 3.59. The van der Waals surface area contributed by atoms with Crippen LogP contribution in [0, 0.1) is 12.7 Å². The number of benzene rings is 1. The van der Waals surface area contributed by atoms with E-state index in [9.17, 15) is 14.0 Å². The lowest BCUT2D eigenvalue weighted by atomic mass is 10.0. The average molecular weight is 208 g/mol. The highest BCUT2D eigenvalue weighted by molar-refractivity contribution is 5.98. The van der Waals surface area contributed by atoms with E-state index in [0.29, 0.717) is 11.1 Å². The highest BCUT2D eigenvalue weighted by Crippen LogP contribution is 2.11. The number of halogens is 1. The molecule has 0 bridgehead atoms.